The average molecular weight is 822 g/mol. The summed E-state index contributed by atoms with van der Waals surface area (Å²) < 4.78 is 85.8. The van der Waals surface area contributed by atoms with E-state index in [1.807, 2.05) is 26.0 Å². The number of amides is 4. The number of halogens is 3. The van der Waals surface area contributed by atoms with Gasteiger partial charge in [-0.1, -0.05) is 26.0 Å². The Labute approximate surface area is 329 Å². The maximum atomic E-state index is 14.7. The molecule has 1 aromatic carbocycles. The lowest BCUT2D eigenvalue weighted by Gasteiger charge is -2.34. The number of ether oxygens (including phenoxy) is 3. The molecule has 3 N–H and O–H groups in total. The summed E-state index contributed by atoms with van der Waals surface area (Å²) in [5.41, 5.74) is -4.50. The molecule has 6 rings (SSSR count). The van der Waals surface area contributed by atoms with E-state index in [-0.39, 0.29) is 31.2 Å². The molecule has 2 aromatic rings. The fraction of sp³-hybridized carbons (Fsp3) is 0.615. The number of nitrogens with zero attached hydrogens (tertiary/aromatic N) is 2. The van der Waals surface area contributed by atoms with Crippen molar-refractivity contribution < 1.29 is 55.0 Å². The number of hydrogen-bond acceptors (Lipinski definition) is 10. The van der Waals surface area contributed by atoms with Crippen LogP contribution in [-0.4, -0.2) is 96.0 Å². The number of carbonyl (C=O) groups excluding carboxylic acids is 4. The minimum absolute atomic E-state index is 0.0312. The van der Waals surface area contributed by atoms with E-state index in [0.717, 1.165) is 5.39 Å². The predicted octanol–water partition coefficient (Wildman–Crippen LogP) is 4.91. The highest BCUT2D eigenvalue weighted by atomic mass is 32.2. The van der Waals surface area contributed by atoms with Crippen molar-refractivity contribution >= 4 is 44.6 Å². The minimum Gasteiger partial charge on any atom is -0.494 e. The van der Waals surface area contributed by atoms with E-state index < -0.39 is 86.4 Å². The summed E-state index contributed by atoms with van der Waals surface area (Å²) in [5.74, 6) is -2.78. The van der Waals surface area contributed by atoms with Crippen molar-refractivity contribution in [2.24, 2.45) is 17.8 Å². The largest absolute Gasteiger partial charge is 0.494 e. The van der Waals surface area contributed by atoms with Crippen molar-refractivity contribution in [3.63, 3.8) is 0 Å². The van der Waals surface area contributed by atoms with Crippen LogP contribution in [0.15, 0.2) is 42.6 Å². The van der Waals surface area contributed by atoms with Crippen molar-refractivity contribution in [2.45, 2.75) is 120 Å². The topological polar surface area (TPSA) is 182 Å². The maximum Gasteiger partial charge on any atom is 0.427 e. The van der Waals surface area contributed by atoms with Crippen molar-refractivity contribution in [1.82, 2.24) is 25.2 Å². The number of nitrogens with one attached hydrogen (secondary N) is 3. The summed E-state index contributed by atoms with van der Waals surface area (Å²) in [7, 11) is -3.98. The molecule has 1 aromatic heterocycles. The summed E-state index contributed by atoms with van der Waals surface area (Å²) in [6.07, 6.45) is 0.334. The number of benzene rings is 1. The van der Waals surface area contributed by atoms with Crippen LogP contribution in [0.3, 0.4) is 0 Å². The first-order chi connectivity index (χ1) is 26.7. The molecular formula is C39H50F3N5O9S. The van der Waals surface area contributed by atoms with Gasteiger partial charge in [-0.15, -0.1) is 0 Å². The zero-order valence-electron chi connectivity index (χ0n) is 32.6. The molecule has 0 radical (unpaired) electrons. The molecule has 1 unspecified atom stereocenters. The molecule has 2 saturated carbocycles. The number of alkyl halides is 3. The molecule has 1 saturated heterocycles. The third-order valence-corrected chi connectivity index (χ3v) is 13.0. The monoisotopic (exact) mass is 821 g/mol. The Kier molecular flexibility index (Phi) is 11.8. The number of hydrogen-bond donors (Lipinski definition) is 3. The van der Waals surface area contributed by atoms with Crippen LogP contribution in [0.2, 0.25) is 0 Å². The number of aromatic nitrogens is 1. The first-order valence-electron chi connectivity index (χ1n) is 19.3. The Bertz CT molecular complexity index is 2020. The van der Waals surface area contributed by atoms with Gasteiger partial charge in [0.15, 0.2) is 0 Å². The molecule has 14 nitrogen and oxygen atoms in total. The molecule has 312 valence electrons. The van der Waals surface area contributed by atoms with Crippen LogP contribution in [0.4, 0.5) is 18.0 Å². The summed E-state index contributed by atoms with van der Waals surface area (Å²) in [4.78, 5) is 61.6. The van der Waals surface area contributed by atoms with Gasteiger partial charge in [-0.25, -0.2) is 18.2 Å². The first-order valence-corrected chi connectivity index (χ1v) is 20.9. The van der Waals surface area contributed by atoms with Crippen LogP contribution in [0.1, 0.15) is 79.6 Å². The SMILES string of the molecule is CCOc1ccc2c(O[C@@H]3C[C@H]4C(=O)N[C@]5(C(=O)NS(=O)(=O)C6CC6)CC5/C=C\CC[C@@H](C)C[C@@H](C)[C@H](NC(=O)OC(C)(C)C(F)(F)F)C(=O)N4C3)nccc2c1. The molecule has 2 aliphatic heterocycles. The van der Waals surface area contributed by atoms with E-state index >= 15 is 0 Å². The van der Waals surface area contributed by atoms with Crippen LogP contribution in [0.5, 0.6) is 11.6 Å². The first kappa shape index (κ1) is 42.0. The van der Waals surface area contributed by atoms with E-state index in [1.165, 1.54) is 11.1 Å². The summed E-state index contributed by atoms with van der Waals surface area (Å²) in [6.45, 7) is 7.13. The second-order valence-electron chi connectivity index (χ2n) is 16.2. The fourth-order valence-corrected chi connectivity index (χ4v) is 8.94. The van der Waals surface area contributed by atoms with Gasteiger partial charge >= 0.3 is 12.3 Å². The maximum absolute atomic E-state index is 14.7. The Morgan fingerprint density at radius 1 is 1.09 bits per heavy atom. The van der Waals surface area contributed by atoms with Gasteiger partial charge in [-0.3, -0.25) is 19.1 Å². The van der Waals surface area contributed by atoms with E-state index in [1.54, 1.807) is 31.2 Å². The number of allylic oxidation sites excluding steroid dienone is 1. The van der Waals surface area contributed by atoms with Crippen molar-refractivity contribution in [2.75, 3.05) is 13.2 Å². The van der Waals surface area contributed by atoms with Gasteiger partial charge in [-0.2, -0.15) is 13.2 Å². The lowest BCUT2D eigenvalue weighted by Crippen LogP contribution is -2.59. The zero-order valence-corrected chi connectivity index (χ0v) is 33.4. The Morgan fingerprint density at radius 2 is 1.82 bits per heavy atom. The van der Waals surface area contributed by atoms with Gasteiger partial charge in [0.25, 0.3) is 5.91 Å². The Morgan fingerprint density at radius 3 is 2.51 bits per heavy atom. The molecule has 4 aliphatic rings. The van der Waals surface area contributed by atoms with E-state index in [4.69, 9.17) is 14.2 Å². The van der Waals surface area contributed by atoms with E-state index in [2.05, 4.69) is 20.3 Å². The van der Waals surface area contributed by atoms with Gasteiger partial charge in [0, 0.05) is 23.9 Å². The van der Waals surface area contributed by atoms with E-state index in [9.17, 15) is 40.8 Å². The third kappa shape index (κ3) is 9.25. The molecule has 2 aliphatic carbocycles. The number of pyridine rings is 1. The minimum atomic E-state index is -4.91. The van der Waals surface area contributed by atoms with Crippen LogP contribution in [0.25, 0.3) is 10.8 Å². The van der Waals surface area contributed by atoms with Crippen molar-refractivity contribution in [3.8, 4) is 11.6 Å². The van der Waals surface area contributed by atoms with Crippen molar-refractivity contribution in [3.05, 3.63) is 42.6 Å². The quantitative estimate of drug-likeness (QED) is 0.294. The third-order valence-electron chi connectivity index (χ3n) is 11.2. The molecule has 3 fully saturated rings. The van der Waals surface area contributed by atoms with Gasteiger partial charge in [-0.05, 0) is 101 Å². The molecular weight excluding hydrogens is 772 g/mol. The van der Waals surface area contributed by atoms with Crippen LogP contribution in [-0.2, 0) is 29.1 Å². The number of fused-ring (bicyclic) bond motifs is 3. The van der Waals surface area contributed by atoms with Crippen LogP contribution in [0, 0.1) is 17.8 Å². The van der Waals surface area contributed by atoms with E-state index in [0.29, 0.717) is 63.7 Å². The molecule has 0 spiro atoms. The molecule has 3 heterocycles. The highest BCUT2D eigenvalue weighted by Gasteiger charge is 2.62. The summed E-state index contributed by atoms with van der Waals surface area (Å²) >= 11 is 0. The highest BCUT2D eigenvalue weighted by molar-refractivity contribution is 7.91. The molecule has 4 amide bonds. The normalized spacial score (nSPS) is 29.2. The van der Waals surface area contributed by atoms with Crippen LogP contribution >= 0.6 is 0 Å². The molecule has 0 bridgehead atoms. The predicted molar refractivity (Wildman–Crippen MR) is 201 cm³/mol. The smallest absolute Gasteiger partial charge is 0.427 e. The summed E-state index contributed by atoms with van der Waals surface area (Å²) in [5, 5.41) is 5.85. The lowest BCUT2D eigenvalue weighted by molar-refractivity contribution is -0.244. The molecule has 7 atom stereocenters. The second-order valence-corrected chi connectivity index (χ2v) is 18.2. The Balaban J connectivity index is 1.34. The number of alkyl carbamates (subject to hydrolysis) is 1. The lowest BCUT2D eigenvalue weighted by atomic mass is 9.88. The Hall–Kier alpha value is -4.61. The number of sulfonamides is 1. The highest BCUT2D eigenvalue weighted by Crippen LogP contribution is 2.46. The van der Waals surface area contributed by atoms with Gasteiger partial charge in [0.2, 0.25) is 33.3 Å². The molecule has 18 heteroatoms. The molecule has 57 heavy (non-hydrogen) atoms. The zero-order chi connectivity index (χ0) is 41.5. The van der Waals surface area contributed by atoms with Gasteiger partial charge < -0.3 is 29.7 Å². The standard InChI is InChI=1S/C39H50F3N5O9S/c1-6-54-26-11-14-29-24(18-26)15-16-43-33(29)55-27-19-30-32(48)45-38(35(50)46-57(52,53)28-12-13-28)20-25(38)10-8-7-9-22(2)17-23(3)31(34(49)47(30)21-27)44-36(51)56-37(4,5)39(40,41)42/h8,10-11,14-16,18,22-23,25,27-28,30-31H,6-7,9,12-13,17,19-21H2,1-5H3,(H,44,51)(H,45,48)(H,46,50)/b10-8-/t22-,23-,25?,27-,30+,31+,38-/m1/s1. The van der Waals surface area contributed by atoms with Gasteiger partial charge in [0.05, 0.1) is 18.4 Å². The number of rotatable bonds is 9. The van der Waals surface area contributed by atoms with Crippen LogP contribution < -0.4 is 24.8 Å². The average Bonchev–Trinajstić information content (AvgIpc) is 4.05. The summed E-state index contributed by atoms with van der Waals surface area (Å²) in [6, 6.07) is 4.37. The second kappa shape index (κ2) is 16.0. The van der Waals surface area contributed by atoms with Gasteiger partial charge in [0.1, 0.15) is 29.5 Å². The fourth-order valence-electron chi connectivity index (χ4n) is 7.58. The van der Waals surface area contributed by atoms with Crippen molar-refractivity contribution in [1.29, 1.82) is 0 Å². The number of carbonyl (C=O) groups is 4.